The van der Waals surface area contributed by atoms with Gasteiger partial charge in [-0.1, -0.05) is 31.0 Å². The van der Waals surface area contributed by atoms with Gasteiger partial charge < -0.3 is 5.11 Å². The molecule has 0 radical (unpaired) electrons. The number of rotatable bonds is 5. The van der Waals surface area contributed by atoms with Gasteiger partial charge in [0.05, 0.1) is 11.7 Å². The monoisotopic (exact) mass is 304 g/mol. The Morgan fingerprint density at radius 1 is 1.25 bits per heavy atom. The van der Waals surface area contributed by atoms with Gasteiger partial charge >= 0.3 is 6.18 Å². The third-order valence-corrected chi connectivity index (χ3v) is 5.07. The molecule has 0 aromatic heterocycles. The zero-order valence-electron chi connectivity index (χ0n) is 11.2. The van der Waals surface area contributed by atoms with E-state index >= 15 is 0 Å². The van der Waals surface area contributed by atoms with E-state index in [1.54, 1.807) is 17.8 Å². The second-order valence-electron chi connectivity index (χ2n) is 5.30. The van der Waals surface area contributed by atoms with Crippen molar-refractivity contribution in [2.24, 2.45) is 0 Å². The lowest BCUT2D eigenvalue weighted by molar-refractivity contribution is -0.137. The second-order valence-corrected chi connectivity index (χ2v) is 6.63. The lowest BCUT2D eigenvalue weighted by Crippen LogP contribution is -2.16. The maximum absolute atomic E-state index is 12.6. The Hall–Kier alpha value is -0.680. The quantitative estimate of drug-likeness (QED) is 0.876. The average Bonchev–Trinajstić information content (AvgIpc) is 2.89. The van der Waals surface area contributed by atoms with Crippen LogP contribution in [-0.4, -0.2) is 22.2 Å². The molecule has 5 heteroatoms. The van der Waals surface area contributed by atoms with E-state index in [-0.39, 0.29) is 6.42 Å². The van der Waals surface area contributed by atoms with Gasteiger partial charge in [-0.25, -0.2) is 0 Å². The van der Waals surface area contributed by atoms with Gasteiger partial charge in [-0.15, -0.1) is 0 Å². The number of thioether (sulfide) groups is 1. The number of hydrogen-bond donors (Lipinski definition) is 1. The zero-order chi connectivity index (χ0) is 14.6. The lowest BCUT2D eigenvalue weighted by Gasteiger charge is -2.15. The van der Waals surface area contributed by atoms with Crippen LogP contribution in [0.2, 0.25) is 0 Å². The molecule has 1 saturated carbocycles. The predicted molar refractivity (Wildman–Crippen MR) is 75.9 cm³/mol. The Morgan fingerprint density at radius 2 is 1.95 bits per heavy atom. The first-order chi connectivity index (χ1) is 9.45. The second kappa shape index (κ2) is 6.85. The van der Waals surface area contributed by atoms with Crippen LogP contribution < -0.4 is 0 Å². The molecule has 0 saturated heterocycles. The summed E-state index contributed by atoms with van der Waals surface area (Å²) >= 11 is 1.75. The first-order valence-corrected chi connectivity index (χ1v) is 7.96. The summed E-state index contributed by atoms with van der Waals surface area (Å²) in [4.78, 5) is 0. The van der Waals surface area contributed by atoms with Crippen LogP contribution in [-0.2, 0) is 12.6 Å². The standard InChI is InChI=1S/C15H19F3OS/c16-15(17,18)12-5-3-4-11(8-12)9-13(19)10-20-14-6-1-2-7-14/h3-5,8,13-14,19H,1-2,6-7,9-10H2. The molecule has 1 aromatic carbocycles. The van der Waals surface area contributed by atoms with E-state index < -0.39 is 17.8 Å². The molecular weight excluding hydrogens is 285 g/mol. The van der Waals surface area contributed by atoms with Crippen LogP contribution in [0.1, 0.15) is 36.8 Å². The number of halogens is 3. The third kappa shape index (κ3) is 4.70. The topological polar surface area (TPSA) is 20.2 Å². The lowest BCUT2D eigenvalue weighted by atomic mass is 10.1. The molecule has 1 aliphatic rings. The van der Waals surface area contributed by atoms with Crippen LogP contribution in [0.4, 0.5) is 13.2 Å². The summed E-state index contributed by atoms with van der Waals surface area (Å²) in [5.41, 5.74) is -0.106. The SMILES string of the molecule is OC(CSC1CCCC1)Cc1cccc(C(F)(F)F)c1. The fraction of sp³-hybridized carbons (Fsp3) is 0.600. The number of alkyl halides is 3. The van der Waals surface area contributed by atoms with Crippen molar-refractivity contribution in [3.63, 3.8) is 0 Å². The normalized spacial score (nSPS) is 18.4. The number of aliphatic hydroxyl groups excluding tert-OH is 1. The molecule has 0 amide bonds. The van der Waals surface area contributed by atoms with Crippen molar-refractivity contribution >= 4 is 11.8 Å². The van der Waals surface area contributed by atoms with E-state index in [9.17, 15) is 18.3 Å². The molecule has 0 spiro atoms. The van der Waals surface area contributed by atoms with Crippen molar-refractivity contribution in [1.82, 2.24) is 0 Å². The van der Waals surface area contributed by atoms with Gasteiger partial charge in [0.1, 0.15) is 0 Å². The molecule has 112 valence electrons. The summed E-state index contributed by atoms with van der Waals surface area (Å²) in [6.45, 7) is 0. The van der Waals surface area contributed by atoms with E-state index in [2.05, 4.69) is 0 Å². The van der Waals surface area contributed by atoms with Gasteiger partial charge in [-0.3, -0.25) is 0 Å². The fourth-order valence-corrected chi connectivity index (χ4v) is 3.79. The molecule has 1 atom stereocenters. The summed E-state index contributed by atoms with van der Waals surface area (Å²) < 4.78 is 37.8. The van der Waals surface area contributed by atoms with Gasteiger partial charge in [0.25, 0.3) is 0 Å². The summed E-state index contributed by atoms with van der Waals surface area (Å²) in [7, 11) is 0. The minimum absolute atomic E-state index is 0.281. The largest absolute Gasteiger partial charge is 0.416 e. The molecular formula is C15H19F3OS. The Morgan fingerprint density at radius 3 is 2.60 bits per heavy atom. The highest BCUT2D eigenvalue weighted by Gasteiger charge is 2.30. The van der Waals surface area contributed by atoms with Gasteiger partial charge in [-0.05, 0) is 30.9 Å². The molecule has 1 N–H and O–H groups in total. The van der Waals surface area contributed by atoms with E-state index in [1.807, 2.05) is 0 Å². The maximum atomic E-state index is 12.6. The Labute approximate surface area is 121 Å². The van der Waals surface area contributed by atoms with Crippen molar-refractivity contribution in [2.45, 2.75) is 49.6 Å². The number of hydrogen-bond acceptors (Lipinski definition) is 2. The van der Waals surface area contributed by atoms with Crippen molar-refractivity contribution in [3.05, 3.63) is 35.4 Å². The van der Waals surface area contributed by atoms with Crippen LogP contribution in [0, 0.1) is 0 Å². The molecule has 1 aliphatic carbocycles. The molecule has 1 nitrogen and oxygen atoms in total. The van der Waals surface area contributed by atoms with E-state index in [4.69, 9.17) is 0 Å². The zero-order valence-corrected chi connectivity index (χ0v) is 12.0. The van der Waals surface area contributed by atoms with Crippen LogP contribution in [0.15, 0.2) is 24.3 Å². The Balaban J connectivity index is 1.85. The van der Waals surface area contributed by atoms with Crippen molar-refractivity contribution in [2.75, 3.05) is 5.75 Å². The summed E-state index contributed by atoms with van der Waals surface area (Å²) in [6, 6.07) is 5.22. The Kier molecular flexibility index (Phi) is 5.38. The molecule has 0 bridgehead atoms. The molecule has 20 heavy (non-hydrogen) atoms. The first kappa shape index (κ1) is 15.7. The maximum Gasteiger partial charge on any atom is 0.416 e. The Bertz CT molecular complexity index is 427. The highest BCUT2D eigenvalue weighted by Crippen LogP contribution is 2.31. The summed E-state index contributed by atoms with van der Waals surface area (Å²) in [6.07, 6.45) is 0.275. The van der Waals surface area contributed by atoms with Gasteiger partial charge in [-0.2, -0.15) is 24.9 Å². The van der Waals surface area contributed by atoms with Crippen LogP contribution in [0.5, 0.6) is 0 Å². The fourth-order valence-electron chi connectivity index (χ4n) is 2.51. The molecule has 0 aliphatic heterocycles. The smallest absolute Gasteiger partial charge is 0.392 e. The molecule has 1 unspecified atom stereocenters. The van der Waals surface area contributed by atoms with Gasteiger partial charge in [0, 0.05) is 11.0 Å². The minimum atomic E-state index is -4.32. The highest BCUT2D eigenvalue weighted by molar-refractivity contribution is 7.99. The van der Waals surface area contributed by atoms with Crippen molar-refractivity contribution in [1.29, 1.82) is 0 Å². The minimum Gasteiger partial charge on any atom is -0.392 e. The van der Waals surface area contributed by atoms with Crippen molar-refractivity contribution in [3.8, 4) is 0 Å². The van der Waals surface area contributed by atoms with Crippen molar-refractivity contribution < 1.29 is 18.3 Å². The highest BCUT2D eigenvalue weighted by atomic mass is 32.2. The molecule has 1 aromatic rings. The van der Waals surface area contributed by atoms with E-state index in [0.717, 1.165) is 12.1 Å². The first-order valence-electron chi connectivity index (χ1n) is 6.91. The number of aliphatic hydroxyl groups is 1. The van der Waals surface area contributed by atoms with Gasteiger partial charge in [0.2, 0.25) is 0 Å². The third-order valence-electron chi connectivity index (χ3n) is 3.55. The predicted octanol–water partition coefficient (Wildman–Crippen LogP) is 4.28. The number of benzene rings is 1. The molecule has 2 rings (SSSR count). The van der Waals surface area contributed by atoms with Gasteiger partial charge in [0.15, 0.2) is 0 Å². The molecule has 1 fully saturated rings. The summed E-state index contributed by atoms with van der Waals surface area (Å²) in [5, 5.41) is 10.6. The van der Waals surface area contributed by atoms with E-state index in [1.165, 1.54) is 31.7 Å². The van der Waals surface area contributed by atoms with Crippen LogP contribution >= 0.6 is 11.8 Å². The summed E-state index contributed by atoms with van der Waals surface area (Å²) in [5.74, 6) is 0.598. The van der Waals surface area contributed by atoms with E-state index in [0.29, 0.717) is 16.6 Å². The van der Waals surface area contributed by atoms with Crippen LogP contribution in [0.25, 0.3) is 0 Å². The average molecular weight is 304 g/mol. The molecule has 0 heterocycles. The van der Waals surface area contributed by atoms with Crippen LogP contribution in [0.3, 0.4) is 0 Å².